The lowest BCUT2D eigenvalue weighted by Gasteiger charge is -2.40. The van der Waals surface area contributed by atoms with Gasteiger partial charge >= 0.3 is 12.1 Å². The number of aliphatic hydroxyl groups is 3. The first-order valence-electron chi connectivity index (χ1n) is 12.8. The van der Waals surface area contributed by atoms with Crippen LogP contribution in [0.15, 0.2) is 36.4 Å². The molecule has 12 nitrogen and oxygen atoms in total. The first-order chi connectivity index (χ1) is 19.4. The van der Waals surface area contributed by atoms with E-state index in [9.17, 15) is 24.9 Å². The first kappa shape index (κ1) is 32.4. The van der Waals surface area contributed by atoms with Crippen molar-refractivity contribution in [1.82, 2.24) is 5.32 Å². The van der Waals surface area contributed by atoms with E-state index in [1.807, 2.05) is 24.3 Å². The number of esters is 1. The molecule has 1 aliphatic rings. The second kappa shape index (κ2) is 14.2. The molecule has 1 amide bonds. The van der Waals surface area contributed by atoms with Gasteiger partial charge in [-0.25, -0.2) is 9.59 Å². The Bertz CT molecular complexity index is 1200. The molecule has 0 spiro atoms. The van der Waals surface area contributed by atoms with Crippen molar-refractivity contribution in [3.63, 3.8) is 0 Å². The Morgan fingerprint density at radius 3 is 2.41 bits per heavy atom. The zero-order valence-corrected chi connectivity index (χ0v) is 24.2. The van der Waals surface area contributed by atoms with Crippen LogP contribution in [0.4, 0.5) is 4.79 Å². The van der Waals surface area contributed by atoms with Crippen molar-refractivity contribution < 1.29 is 53.3 Å². The van der Waals surface area contributed by atoms with Gasteiger partial charge in [-0.3, -0.25) is 0 Å². The molecule has 3 rings (SSSR count). The Labute approximate surface area is 243 Å². The van der Waals surface area contributed by atoms with Crippen molar-refractivity contribution in [3.05, 3.63) is 58.1 Å². The van der Waals surface area contributed by atoms with E-state index in [0.717, 1.165) is 11.1 Å². The summed E-state index contributed by atoms with van der Waals surface area (Å²) < 4.78 is 32.4. The number of ether oxygens (including phenoxy) is 6. The summed E-state index contributed by atoms with van der Waals surface area (Å²) in [5.41, 5.74) is 0.989. The van der Waals surface area contributed by atoms with E-state index in [4.69, 9.17) is 40.0 Å². The maximum absolute atomic E-state index is 12.9. The minimum absolute atomic E-state index is 0.0183. The van der Waals surface area contributed by atoms with E-state index in [0.29, 0.717) is 0 Å². The van der Waals surface area contributed by atoms with E-state index in [1.54, 1.807) is 20.8 Å². The lowest BCUT2D eigenvalue weighted by Crippen LogP contribution is -2.60. The van der Waals surface area contributed by atoms with E-state index in [1.165, 1.54) is 26.4 Å². The predicted molar refractivity (Wildman–Crippen MR) is 146 cm³/mol. The number of methoxy groups -OCH3 is 2. The van der Waals surface area contributed by atoms with Gasteiger partial charge in [0.15, 0.2) is 23.9 Å². The molecule has 2 aromatic carbocycles. The van der Waals surface area contributed by atoms with Crippen LogP contribution in [0.2, 0.25) is 5.02 Å². The third-order valence-corrected chi connectivity index (χ3v) is 6.26. The smallest absolute Gasteiger partial charge is 0.407 e. The van der Waals surface area contributed by atoms with Crippen molar-refractivity contribution in [2.45, 2.75) is 70.2 Å². The molecule has 4 N–H and O–H groups in total. The van der Waals surface area contributed by atoms with Crippen molar-refractivity contribution in [2.75, 3.05) is 20.8 Å². The molecule has 1 aliphatic heterocycles. The van der Waals surface area contributed by atoms with Gasteiger partial charge in [-0.2, -0.15) is 0 Å². The van der Waals surface area contributed by atoms with Crippen LogP contribution in [0.3, 0.4) is 0 Å². The third-order valence-electron chi connectivity index (χ3n) is 5.98. The first-order valence-corrected chi connectivity index (χ1v) is 13.2. The molecular formula is C28H36ClNO11. The van der Waals surface area contributed by atoms with Gasteiger partial charge in [-0.15, -0.1) is 0 Å². The maximum Gasteiger partial charge on any atom is 0.407 e. The summed E-state index contributed by atoms with van der Waals surface area (Å²) in [7, 11) is 2.64. The van der Waals surface area contributed by atoms with Gasteiger partial charge < -0.3 is 49.1 Å². The molecule has 0 aliphatic carbocycles. The number of alkyl carbamates (subject to hydrolysis) is 1. The van der Waals surface area contributed by atoms with Crippen LogP contribution in [-0.4, -0.2) is 84.5 Å². The molecule has 0 radical (unpaired) electrons. The summed E-state index contributed by atoms with van der Waals surface area (Å²) in [4.78, 5) is 24.9. The van der Waals surface area contributed by atoms with Gasteiger partial charge in [0.25, 0.3) is 0 Å². The molecular weight excluding hydrogens is 562 g/mol. The summed E-state index contributed by atoms with van der Waals surface area (Å²) in [6.45, 7) is 5.14. The Balaban J connectivity index is 1.68. The lowest BCUT2D eigenvalue weighted by atomic mass is 9.99. The quantitative estimate of drug-likeness (QED) is 0.298. The summed E-state index contributed by atoms with van der Waals surface area (Å²) in [6.07, 6.45) is -7.34. The summed E-state index contributed by atoms with van der Waals surface area (Å²) in [6, 6.07) is 10.0. The van der Waals surface area contributed by atoms with Crippen LogP contribution in [0, 0.1) is 0 Å². The standard InChI is InChI=1S/C28H36ClNO11/c1-28(2,3)41-27(35)30-12-15-7-6-8-16(9-15)14-38-23-18(29)10-17(11-19(23)36-4)25(34)40-24-22(33)21(32)20(13-31)39-26(24)37-5/h6-11,20-22,24,26,31-33H,12-14H2,1-5H3,(H,30,35)/t20-,21-,22+,24-,26+/m1/s1. The molecule has 226 valence electrons. The summed E-state index contributed by atoms with van der Waals surface area (Å²) in [5.74, 6) is -0.567. The van der Waals surface area contributed by atoms with Crippen molar-refractivity contribution >= 4 is 23.7 Å². The number of amides is 1. The van der Waals surface area contributed by atoms with Crippen molar-refractivity contribution in [1.29, 1.82) is 0 Å². The van der Waals surface area contributed by atoms with E-state index < -0.39 is 55.0 Å². The number of rotatable bonds is 10. The van der Waals surface area contributed by atoms with E-state index in [2.05, 4.69) is 5.32 Å². The fourth-order valence-electron chi connectivity index (χ4n) is 4.01. The lowest BCUT2D eigenvalue weighted by molar-refractivity contribution is -0.293. The summed E-state index contributed by atoms with van der Waals surface area (Å²) >= 11 is 6.44. The van der Waals surface area contributed by atoms with Gasteiger partial charge in [-0.1, -0.05) is 35.9 Å². The van der Waals surface area contributed by atoms with Crippen LogP contribution in [0.1, 0.15) is 42.3 Å². The number of hydrogen-bond acceptors (Lipinski definition) is 11. The van der Waals surface area contributed by atoms with Gasteiger partial charge in [0, 0.05) is 13.7 Å². The van der Waals surface area contributed by atoms with Crippen LogP contribution < -0.4 is 14.8 Å². The predicted octanol–water partition coefficient (Wildman–Crippen LogP) is 2.56. The zero-order chi connectivity index (χ0) is 30.3. The molecule has 5 atom stereocenters. The average Bonchev–Trinajstić information content (AvgIpc) is 2.92. The maximum atomic E-state index is 12.9. The number of carbonyl (C=O) groups is 2. The Hall–Kier alpha value is -3.13. The number of carbonyl (C=O) groups excluding carboxylic acids is 2. The number of nitrogens with one attached hydrogen (secondary N) is 1. The number of aliphatic hydroxyl groups excluding tert-OH is 3. The van der Waals surface area contributed by atoms with Gasteiger partial charge in [0.1, 0.15) is 30.5 Å². The minimum atomic E-state index is -1.58. The average molecular weight is 598 g/mol. The SMILES string of the molecule is COc1cc(C(=O)O[C@H]2[C@@H](OC)O[C@H](CO)[C@@H](O)[C@@H]2O)cc(Cl)c1OCc1cccc(CNC(=O)OC(C)(C)C)c1. The van der Waals surface area contributed by atoms with Crippen LogP contribution in [0.25, 0.3) is 0 Å². The minimum Gasteiger partial charge on any atom is -0.493 e. The highest BCUT2D eigenvalue weighted by molar-refractivity contribution is 6.32. The molecule has 0 aromatic heterocycles. The normalized spacial score (nSPS) is 22.5. The highest BCUT2D eigenvalue weighted by Gasteiger charge is 2.47. The molecule has 1 fully saturated rings. The molecule has 2 aromatic rings. The molecule has 41 heavy (non-hydrogen) atoms. The fraction of sp³-hybridized carbons (Fsp3) is 0.500. The highest BCUT2D eigenvalue weighted by atomic mass is 35.5. The van der Waals surface area contributed by atoms with Gasteiger partial charge in [0.2, 0.25) is 0 Å². The van der Waals surface area contributed by atoms with Crippen LogP contribution >= 0.6 is 11.6 Å². The van der Waals surface area contributed by atoms with Gasteiger partial charge in [0.05, 0.1) is 24.3 Å². The Morgan fingerprint density at radius 2 is 1.78 bits per heavy atom. The van der Waals surface area contributed by atoms with Crippen molar-refractivity contribution in [2.24, 2.45) is 0 Å². The molecule has 13 heteroatoms. The van der Waals surface area contributed by atoms with Crippen LogP contribution in [0.5, 0.6) is 11.5 Å². The van der Waals surface area contributed by atoms with Crippen LogP contribution in [-0.2, 0) is 32.1 Å². The third kappa shape index (κ3) is 8.68. The Kier molecular flexibility index (Phi) is 11.2. The monoisotopic (exact) mass is 597 g/mol. The largest absolute Gasteiger partial charge is 0.493 e. The number of halogens is 1. The molecule has 0 unspecified atom stereocenters. The molecule has 0 bridgehead atoms. The number of hydrogen-bond donors (Lipinski definition) is 4. The zero-order valence-electron chi connectivity index (χ0n) is 23.5. The second-order valence-electron chi connectivity index (χ2n) is 10.3. The molecule has 1 saturated heterocycles. The fourth-order valence-corrected chi connectivity index (χ4v) is 4.28. The topological polar surface area (TPSA) is 162 Å². The highest BCUT2D eigenvalue weighted by Crippen LogP contribution is 2.37. The van der Waals surface area contributed by atoms with Gasteiger partial charge in [-0.05, 0) is 44.0 Å². The molecule has 1 heterocycles. The second-order valence-corrected chi connectivity index (χ2v) is 10.7. The summed E-state index contributed by atoms with van der Waals surface area (Å²) in [5, 5.41) is 32.7. The van der Waals surface area contributed by atoms with Crippen molar-refractivity contribution in [3.8, 4) is 11.5 Å². The van der Waals surface area contributed by atoms with E-state index >= 15 is 0 Å². The Morgan fingerprint density at radius 1 is 1.07 bits per heavy atom. The van der Waals surface area contributed by atoms with E-state index in [-0.39, 0.29) is 35.2 Å². The number of benzene rings is 2. The molecule has 0 saturated carbocycles.